The first-order chi connectivity index (χ1) is 13.6. The molecule has 0 fully saturated rings. The van der Waals surface area contributed by atoms with E-state index in [1.54, 1.807) is 0 Å². The molecule has 2 aromatic rings. The van der Waals surface area contributed by atoms with Crippen LogP contribution in [0.15, 0.2) is 68.3 Å². The van der Waals surface area contributed by atoms with E-state index in [1.807, 2.05) is 55.6 Å². The average Bonchev–Trinajstić information content (AvgIpc) is 2.96. The van der Waals surface area contributed by atoms with Crippen LogP contribution in [-0.2, 0) is 0 Å². The minimum atomic E-state index is -0.204. The van der Waals surface area contributed by atoms with Crippen molar-refractivity contribution in [2.45, 2.75) is 6.42 Å². The fourth-order valence-corrected chi connectivity index (χ4v) is 4.80. The summed E-state index contributed by atoms with van der Waals surface area (Å²) in [6.07, 6.45) is 0.929. The quantitative estimate of drug-likeness (QED) is 0.279. The molecule has 148 valence electrons. The number of aliphatic hydroxyl groups is 1. The zero-order chi connectivity index (χ0) is 20.1. The smallest absolute Gasteiger partial charge is 0.316 e. The Labute approximate surface area is 186 Å². The van der Waals surface area contributed by atoms with Gasteiger partial charge in [-0.1, -0.05) is 12.1 Å². The molecule has 0 amide bonds. The van der Waals surface area contributed by atoms with Crippen molar-refractivity contribution in [2.75, 3.05) is 26.8 Å². The second kappa shape index (κ2) is 9.52. The van der Waals surface area contributed by atoms with Crippen LogP contribution >= 0.6 is 43.5 Å². The molecule has 1 heterocycles. The van der Waals surface area contributed by atoms with Crippen molar-refractivity contribution < 1.29 is 9.84 Å². The minimum Gasteiger partial charge on any atom is -0.494 e. The number of halogens is 3. The number of amidine groups is 1. The second-order valence-corrected chi connectivity index (χ2v) is 8.14. The lowest BCUT2D eigenvalue weighted by atomic mass is 10.1. The summed E-state index contributed by atoms with van der Waals surface area (Å²) in [5.74, 6) is 0.783. The Morgan fingerprint density at radius 1 is 1.14 bits per heavy atom. The number of rotatable bonds is 8. The van der Waals surface area contributed by atoms with Gasteiger partial charge in [-0.25, -0.2) is 0 Å². The van der Waals surface area contributed by atoms with Gasteiger partial charge >= 0.3 is 5.29 Å². The molecular weight excluding hydrogens is 510 g/mol. The fourth-order valence-electron chi connectivity index (χ4n) is 3.22. The first kappa shape index (κ1) is 21.5. The molecule has 3 rings (SSSR count). The van der Waals surface area contributed by atoms with Gasteiger partial charge < -0.3 is 15.2 Å². The van der Waals surface area contributed by atoms with Crippen LogP contribution in [0.3, 0.4) is 0 Å². The summed E-state index contributed by atoms with van der Waals surface area (Å²) in [6.45, 7) is 1.34. The Balaban J connectivity index is 2.05. The van der Waals surface area contributed by atoms with E-state index in [2.05, 4.69) is 42.2 Å². The van der Waals surface area contributed by atoms with Crippen molar-refractivity contribution in [2.24, 2.45) is 4.99 Å². The van der Waals surface area contributed by atoms with Crippen LogP contribution in [0, 0.1) is 0 Å². The zero-order valence-corrected chi connectivity index (χ0v) is 19.3. The van der Waals surface area contributed by atoms with Crippen LogP contribution in [-0.4, -0.2) is 37.2 Å². The van der Waals surface area contributed by atoms with E-state index in [4.69, 9.17) is 16.3 Å². The minimum absolute atomic E-state index is 0.0140. The maximum atomic E-state index is 10.1. The third kappa shape index (κ3) is 3.92. The summed E-state index contributed by atoms with van der Waals surface area (Å²) in [5.41, 5.74) is 2.35. The number of aliphatic hydroxyl groups excluding tert-OH is 1. The molecule has 2 aromatic carbocycles. The first-order valence-electron chi connectivity index (χ1n) is 8.82. The highest BCUT2D eigenvalue weighted by atomic mass is 79.9. The molecule has 0 saturated heterocycles. The van der Waals surface area contributed by atoms with Crippen molar-refractivity contribution in [3.05, 3.63) is 63.3 Å². The van der Waals surface area contributed by atoms with E-state index in [9.17, 15) is 5.11 Å². The summed E-state index contributed by atoms with van der Waals surface area (Å²) >= 11 is 13.8. The number of nitrogens with zero attached hydrogens (tertiary/aromatic N) is 2. The van der Waals surface area contributed by atoms with E-state index in [0.717, 1.165) is 34.6 Å². The predicted octanol–water partition coefficient (Wildman–Crippen LogP) is 5.24. The van der Waals surface area contributed by atoms with Crippen LogP contribution in [0.4, 0.5) is 11.4 Å². The number of quaternary nitrogens is 1. The number of ether oxygens (including phenoxy) is 1. The lowest BCUT2D eigenvalue weighted by molar-refractivity contribution is 0.308. The normalized spacial score (nSPS) is 19.1. The predicted molar refractivity (Wildman–Crippen MR) is 122 cm³/mol. The van der Waals surface area contributed by atoms with Gasteiger partial charge in [0.05, 0.1) is 11.1 Å². The molecule has 0 bridgehead atoms. The number of benzene rings is 2. The largest absolute Gasteiger partial charge is 0.494 e. The molecule has 0 spiro atoms. The van der Waals surface area contributed by atoms with Crippen LogP contribution in [0.25, 0.3) is 0 Å². The van der Waals surface area contributed by atoms with Gasteiger partial charge in [-0.05, 0) is 70.1 Å². The van der Waals surface area contributed by atoms with Gasteiger partial charge in [-0.3, -0.25) is 0 Å². The number of aliphatic imine (C=N–C) groups is 1. The maximum Gasteiger partial charge on any atom is 0.316 e. The van der Waals surface area contributed by atoms with Crippen molar-refractivity contribution in [3.8, 4) is 5.75 Å². The van der Waals surface area contributed by atoms with E-state index in [-0.39, 0.29) is 11.1 Å². The zero-order valence-electron chi connectivity index (χ0n) is 15.3. The molecule has 0 saturated carbocycles. The average molecular weight is 531 g/mol. The van der Waals surface area contributed by atoms with Crippen LogP contribution < -0.4 is 14.5 Å². The van der Waals surface area contributed by atoms with Crippen LogP contribution in [0.5, 0.6) is 5.75 Å². The molecule has 8 heteroatoms. The van der Waals surface area contributed by atoms with E-state index >= 15 is 0 Å². The SMILES string of the molecule is CNCCCOc1ccc([N+]2(c3ccccc3Br)C(Cl)=NC(Br)=C2CO)cc1. The van der Waals surface area contributed by atoms with Crippen molar-refractivity contribution in [1.82, 2.24) is 9.80 Å². The molecule has 0 aromatic heterocycles. The Bertz CT molecular complexity index is 903. The van der Waals surface area contributed by atoms with Crippen molar-refractivity contribution in [1.29, 1.82) is 0 Å². The van der Waals surface area contributed by atoms with E-state index in [0.29, 0.717) is 22.2 Å². The van der Waals surface area contributed by atoms with Crippen molar-refractivity contribution in [3.63, 3.8) is 0 Å². The van der Waals surface area contributed by atoms with Gasteiger partial charge in [0.15, 0.2) is 16.0 Å². The van der Waals surface area contributed by atoms with Gasteiger partial charge in [0.2, 0.25) is 0 Å². The number of nitrogens with one attached hydrogen (secondary N) is 1. The lowest BCUT2D eigenvalue weighted by Crippen LogP contribution is -2.45. The molecular formula is C20H21Br2ClN3O2+. The fraction of sp³-hybridized carbons (Fsp3) is 0.250. The molecule has 1 unspecified atom stereocenters. The third-order valence-electron chi connectivity index (χ3n) is 4.54. The number of para-hydroxylation sites is 1. The second-order valence-electron chi connectivity index (χ2n) is 6.20. The number of hydrogen-bond donors (Lipinski definition) is 2. The Kier molecular flexibility index (Phi) is 7.31. The van der Waals surface area contributed by atoms with E-state index in [1.165, 1.54) is 0 Å². The highest BCUT2D eigenvalue weighted by molar-refractivity contribution is 9.11. The molecule has 0 aliphatic carbocycles. The summed E-state index contributed by atoms with van der Waals surface area (Å²) < 4.78 is 7.21. The molecule has 28 heavy (non-hydrogen) atoms. The van der Waals surface area contributed by atoms with Gasteiger partial charge in [-0.15, -0.1) is 0 Å². The lowest BCUT2D eigenvalue weighted by Gasteiger charge is -2.33. The summed E-state index contributed by atoms with van der Waals surface area (Å²) in [7, 11) is 1.92. The van der Waals surface area contributed by atoms with Gasteiger partial charge in [-0.2, -0.15) is 9.48 Å². The summed E-state index contributed by atoms with van der Waals surface area (Å²) in [6, 6.07) is 15.5. The van der Waals surface area contributed by atoms with Crippen molar-refractivity contribution >= 4 is 60.1 Å². The number of hydrogen-bond acceptors (Lipinski definition) is 4. The highest BCUT2D eigenvalue weighted by Gasteiger charge is 2.50. The van der Waals surface area contributed by atoms with Crippen LogP contribution in [0.1, 0.15) is 6.42 Å². The topological polar surface area (TPSA) is 53.8 Å². The molecule has 1 aliphatic heterocycles. The maximum absolute atomic E-state index is 10.1. The summed E-state index contributed by atoms with van der Waals surface area (Å²) in [5, 5.41) is 13.6. The molecule has 1 atom stereocenters. The van der Waals surface area contributed by atoms with E-state index < -0.39 is 0 Å². The monoisotopic (exact) mass is 528 g/mol. The van der Waals surface area contributed by atoms with Crippen LogP contribution in [0.2, 0.25) is 0 Å². The third-order valence-corrected chi connectivity index (χ3v) is 6.18. The Morgan fingerprint density at radius 3 is 2.50 bits per heavy atom. The molecule has 5 nitrogen and oxygen atoms in total. The molecule has 1 aliphatic rings. The standard InChI is InChI=1S/C20H21Br2ClN3O2/c1-24-11-4-12-28-15-9-7-14(8-10-15)26(17-6-3-2-5-16(17)21)18(13-27)19(22)25-20(26)23/h2-3,5-10,24,27H,4,11-13H2,1H3/q+1. The summed E-state index contributed by atoms with van der Waals surface area (Å²) in [4.78, 5) is 4.41. The molecule has 0 radical (unpaired) electrons. The first-order valence-corrected chi connectivity index (χ1v) is 10.8. The van der Waals surface area contributed by atoms with Gasteiger partial charge in [0.25, 0.3) is 0 Å². The Hall–Kier alpha value is -1.22. The van der Waals surface area contributed by atoms with Gasteiger partial charge in [0, 0.05) is 29.8 Å². The Morgan fingerprint density at radius 2 is 1.86 bits per heavy atom. The highest BCUT2D eigenvalue weighted by Crippen LogP contribution is 2.49. The van der Waals surface area contributed by atoms with Gasteiger partial charge in [0.1, 0.15) is 18.0 Å². The molecule has 2 N–H and O–H groups in total.